The molecule has 1 amide bonds. The van der Waals surface area contributed by atoms with E-state index in [1.165, 1.54) is 23.1 Å². The van der Waals surface area contributed by atoms with Gasteiger partial charge in [-0.15, -0.1) is 0 Å². The van der Waals surface area contributed by atoms with Crippen LogP contribution in [0.5, 0.6) is 0 Å². The van der Waals surface area contributed by atoms with Crippen molar-refractivity contribution >= 4 is 31.7 Å². The normalized spacial score (nSPS) is 20.4. The fourth-order valence-corrected chi connectivity index (χ4v) is 4.57. The molecule has 1 N–H and O–H groups in total. The van der Waals surface area contributed by atoms with Gasteiger partial charge in [0.1, 0.15) is 5.82 Å². The molecule has 0 radical (unpaired) electrons. The van der Waals surface area contributed by atoms with Gasteiger partial charge in [0.25, 0.3) is 5.91 Å². The summed E-state index contributed by atoms with van der Waals surface area (Å²) in [6.07, 6.45) is 0.334. The Bertz CT molecular complexity index is 650. The van der Waals surface area contributed by atoms with E-state index in [1.54, 1.807) is 0 Å². The lowest BCUT2D eigenvalue weighted by Gasteiger charge is -2.28. The quantitative estimate of drug-likeness (QED) is 0.852. The van der Waals surface area contributed by atoms with Gasteiger partial charge in [-0.1, -0.05) is 6.07 Å². The van der Waals surface area contributed by atoms with Crippen molar-refractivity contribution in [3.8, 4) is 0 Å². The number of rotatable bonds is 4. The maximum absolute atomic E-state index is 13.5. The van der Waals surface area contributed by atoms with Crippen molar-refractivity contribution in [1.29, 1.82) is 0 Å². The molecule has 21 heavy (non-hydrogen) atoms. The maximum Gasteiger partial charge on any atom is 0.255 e. The Labute approximate surface area is 130 Å². The Morgan fingerprint density at radius 1 is 1.48 bits per heavy atom. The van der Waals surface area contributed by atoms with Gasteiger partial charge in [0.05, 0.1) is 28.1 Å². The van der Waals surface area contributed by atoms with Crippen LogP contribution in [0.4, 0.5) is 4.39 Å². The zero-order chi connectivity index (χ0) is 15.6. The van der Waals surface area contributed by atoms with Crippen LogP contribution < -0.4 is 0 Å². The molecular weight excluding hydrogens is 365 g/mol. The molecule has 0 saturated carbocycles. The van der Waals surface area contributed by atoms with Crippen LogP contribution in [0.3, 0.4) is 0 Å². The van der Waals surface area contributed by atoms with E-state index in [-0.39, 0.29) is 34.7 Å². The number of sulfone groups is 1. The second-order valence-electron chi connectivity index (χ2n) is 4.88. The smallest absolute Gasteiger partial charge is 0.255 e. The van der Waals surface area contributed by atoms with Gasteiger partial charge in [0.2, 0.25) is 0 Å². The van der Waals surface area contributed by atoms with E-state index >= 15 is 0 Å². The fraction of sp³-hybridized carbons (Fsp3) is 0.462. The molecule has 1 unspecified atom stereocenters. The van der Waals surface area contributed by atoms with Gasteiger partial charge in [-0.3, -0.25) is 4.79 Å². The van der Waals surface area contributed by atoms with Crippen molar-refractivity contribution in [2.24, 2.45) is 0 Å². The van der Waals surface area contributed by atoms with E-state index in [2.05, 4.69) is 15.9 Å². The minimum Gasteiger partial charge on any atom is -0.395 e. The molecule has 1 aromatic carbocycles. The summed E-state index contributed by atoms with van der Waals surface area (Å²) in [5.41, 5.74) is 0.118. The third kappa shape index (κ3) is 3.61. The molecule has 0 aliphatic carbocycles. The average Bonchev–Trinajstić information content (AvgIpc) is 2.78. The Kier molecular flexibility index (Phi) is 5.00. The van der Waals surface area contributed by atoms with Crippen molar-refractivity contribution in [3.05, 3.63) is 34.1 Å². The first-order valence-corrected chi connectivity index (χ1v) is 9.03. The number of benzene rings is 1. The van der Waals surface area contributed by atoms with Crippen LogP contribution in [0, 0.1) is 5.82 Å². The molecule has 0 bridgehead atoms. The molecule has 1 saturated heterocycles. The summed E-state index contributed by atoms with van der Waals surface area (Å²) >= 11 is 3.03. The number of amides is 1. The van der Waals surface area contributed by atoms with Crippen LogP contribution in [-0.2, 0) is 9.84 Å². The zero-order valence-corrected chi connectivity index (χ0v) is 13.5. The van der Waals surface area contributed by atoms with E-state index in [4.69, 9.17) is 5.11 Å². The Morgan fingerprint density at radius 3 is 2.76 bits per heavy atom. The number of hydrogen-bond acceptors (Lipinski definition) is 4. The molecule has 1 heterocycles. The number of carbonyl (C=O) groups excluding carboxylic acids is 1. The van der Waals surface area contributed by atoms with E-state index in [9.17, 15) is 17.6 Å². The van der Waals surface area contributed by atoms with E-state index < -0.39 is 27.6 Å². The largest absolute Gasteiger partial charge is 0.395 e. The lowest BCUT2D eigenvalue weighted by atomic mass is 10.1. The molecule has 1 aliphatic rings. The topological polar surface area (TPSA) is 74.7 Å². The van der Waals surface area contributed by atoms with Crippen molar-refractivity contribution in [1.82, 2.24) is 4.90 Å². The second kappa shape index (κ2) is 6.41. The number of nitrogens with zero attached hydrogens (tertiary/aromatic N) is 1. The molecule has 8 heteroatoms. The highest BCUT2D eigenvalue weighted by Crippen LogP contribution is 2.25. The SMILES string of the molecule is O=C(c1cccc(F)c1Br)N(CCO)C1CCS(=O)(=O)C1. The summed E-state index contributed by atoms with van der Waals surface area (Å²) in [5.74, 6) is -1.15. The highest BCUT2D eigenvalue weighted by atomic mass is 79.9. The summed E-state index contributed by atoms with van der Waals surface area (Å²) in [7, 11) is -3.15. The van der Waals surface area contributed by atoms with Crippen LogP contribution in [-0.4, -0.2) is 55.0 Å². The van der Waals surface area contributed by atoms with E-state index in [0.29, 0.717) is 6.42 Å². The number of aliphatic hydroxyl groups excluding tert-OH is 1. The van der Waals surface area contributed by atoms with Crippen LogP contribution in [0.2, 0.25) is 0 Å². The molecule has 116 valence electrons. The predicted molar refractivity (Wildman–Crippen MR) is 79.3 cm³/mol. The lowest BCUT2D eigenvalue weighted by Crippen LogP contribution is -2.43. The fourth-order valence-electron chi connectivity index (χ4n) is 2.40. The van der Waals surface area contributed by atoms with Crippen molar-refractivity contribution in [2.45, 2.75) is 12.5 Å². The van der Waals surface area contributed by atoms with Gasteiger partial charge in [0.15, 0.2) is 9.84 Å². The average molecular weight is 380 g/mol. The molecule has 2 rings (SSSR count). The van der Waals surface area contributed by atoms with Crippen molar-refractivity contribution < 1.29 is 22.7 Å². The van der Waals surface area contributed by atoms with Crippen LogP contribution >= 0.6 is 15.9 Å². The number of aliphatic hydroxyl groups is 1. The second-order valence-corrected chi connectivity index (χ2v) is 7.90. The molecule has 0 aromatic heterocycles. The highest BCUT2D eigenvalue weighted by Gasteiger charge is 2.35. The summed E-state index contributed by atoms with van der Waals surface area (Å²) in [5, 5.41) is 9.12. The third-order valence-corrected chi connectivity index (χ3v) is 5.99. The van der Waals surface area contributed by atoms with E-state index in [1.807, 2.05) is 0 Å². The van der Waals surface area contributed by atoms with E-state index in [0.717, 1.165) is 0 Å². The first-order valence-electron chi connectivity index (χ1n) is 6.42. The van der Waals surface area contributed by atoms with Crippen molar-refractivity contribution in [3.63, 3.8) is 0 Å². The summed E-state index contributed by atoms with van der Waals surface area (Å²) in [4.78, 5) is 13.8. The van der Waals surface area contributed by atoms with Crippen LogP contribution in [0.1, 0.15) is 16.8 Å². The zero-order valence-electron chi connectivity index (χ0n) is 11.1. The number of carbonyl (C=O) groups is 1. The minimum atomic E-state index is -3.15. The Hall–Kier alpha value is -0.990. The first kappa shape index (κ1) is 16.4. The number of halogens is 2. The van der Waals surface area contributed by atoms with Crippen molar-refractivity contribution in [2.75, 3.05) is 24.7 Å². The lowest BCUT2D eigenvalue weighted by molar-refractivity contribution is 0.0654. The van der Waals surface area contributed by atoms with Gasteiger partial charge in [-0.25, -0.2) is 12.8 Å². The van der Waals surface area contributed by atoms with Gasteiger partial charge in [-0.05, 0) is 34.5 Å². The predicted octanol–water partition coefficient (Wildman–Crippen LogP) is 1.21. The van der Waals surface area contributed by atoms with Gasteiger partial charge < -0.3 is 10.0 Å². The Balaban J connectivity index is 2.30. The molecule has 1 fully saturated rings. The summed E-state index contributed by atoms with van der Waals surface area (Å²) < 4.78 is 36.7. The molecule has 1 aromatic rings. The number of hydrogen-bond donors (Lipinski definition) is 1. The third-order valence-electron chi connectivity index (χ3n) is 3.43. The summed E-state index contributed by atoms with van der Waals surface area (Å²) in [6.45, 7) is -0.267. The minimum absolute atomic E-state index is 0.0158. The summed E-state index contributed by atoms with van der Waals surface area (Å²) in [6, 6.07) is 3.61. The molecule has 1 aliphatic heterocycles. The Morgan fingerprint density at radius 2 is 2.19 bits per heavy atom. The molecule has 1 atom stereocenters. The molecular formula is C13H15BrFNO4S. The monoisotopic (exact) mass is 379 g/mol. The highest BCUT2D eigenvalue weighted by molar-refractivity contribution is 9.10. The van der Waals surface area contributed by atoms with Crippen LogP contribution in [0.25, 0.3) is 0 Å². The van der Waals surface area contributed by atoms with Gasteiger partial charge in [-0.2, -0.15) is 0 Å². The van der Waals surface area contributed by atoms with Gasteiger partial charge in [0, 0.05) is 12.6 Å². The van der Waals surface area contributed by atoms with Crippen LogP contribution in [0.15, 0.2) is 22.7 Å². The first-order chi connectivity index (χ1) is 9.85. The maximum atomic E-state index is 13.5. The molecule has 5 nitrogen and oxygen atoms in total. The van der Waals surface area contributed by atoms with Gasteiger partial charge >= 0.3 is 0 Å². The standard InChI is InChI=1S/C13H15BrFNO4S/c14-12-10(2-1-3-11(12)15)13(18)16(5-6-17)9-4-7-21(19,20)8-9/h1-3,9,17H,4-8H2. The molecule has 0 spiro atoms.